The van der Waals surface area contributed by atoms with Gasteiger partial charge in [0.15, 0.2) is 0 Å². The van der Waals surface area contributed by atoms with Crippen molar-refractivity contribution in [3.8, 4) is 0 Å². The number of hydrogen-bond donors (Lipinski definition) is 0. The quantitative estimate of drug-likeness (QED) is 0.163. The van der Waals surface area contributed by atoms with Gasteiger partial charge in [-0.15, -0.1) is 0 Å². The molecular weight excluding hydrogens is 232 g/mol. The van der Waals surface area contributed by atoms with E-state index in [2.05, 4.69) is 13.0 Å². The van der Waals surface area contributed by atoms with Gasteiger partial charge < -0.3 is 0 Å². The lowest BCUT2D eigenvalue weighted by molar-refractivity contribution is -0.104. The van der Waals surface area contributed by atoms with Crippen molar-refractivity contribution >= 4 is 6.29 Å². The van der Waals surface area contributed by atoms with E-state index in [0.717, 1.165) is 12.7 Å². The molecule has 0 heterocycles. The van der Waals surface area contributed by atoms with Crippen LogP contribution < -0.4 is 0 Å². The Labute approximate surface area is 120 Å². The summed E-state index contributed by atoms with van der Waals surface area (Å²) < 4.78 is 0. The molecule has 0 bridgehead atoms. The van der Waals surface area contributed by atoms with Gasteiger partial charge in [-0.2, -0.15) is 0 Å². The Balaban J connectivity index is 3.04. The molecule has 0 aromatic rings. The largest absolute Gasteiger partial charge is 0.299 e. The van der Waals surface area contributed by atoms with Crippen LogP contribution in [-0.2, 0) is 4.79 Å². The minimum Gasteiger partial charge on any atom is -0.299 e. The molecule has 0 saturated carbocycles. The SMILES string of the molecule is CCCCCCCCCCCCCC=CC=CC=O. The number of hydrogen-bond acceptors (Lipinski definition) is 1. The highest BCUT2D eigenvalue weighted by atomic mass is 16.1. The highest BCUT2D eigenvalue weighted by Gasteiger charge is 1.92. The molecule has 1 nitrogen and oxygen atoms in total. The van der Waals surface area contributed by atoms with E-state index in [4.69, 9.17) is 0 Å². The van der Waals surface area contributed by atoms with Gasteiger partial charge in [0, 0.05) is 0 Å². The van der Waals surface area contributed by atoms with Crippen molar-refractivity contribution in [2.24, 2.45) is 0 Å². The standard InChI is InChI=1S/C18H32O/c1-2-3-4-5-6-7-8-9-10-11-12-13-14-15-16-17-18-19/h14-18H,2-13H2,1H3. The first-order chi connectivity index (χ1) is 9.41. The average molecular weight is 264 g/mol. The third-order valence-corrected chi connectivity index (χ3v) is 3.41. The highest BCUT2D eigenvalue weighted by molar-refractivity contribution is 5.65. The summed E-state index contributed by atoms with van der Waals surface area (Å²) in [6.07, 6.45) is 24.7. The summed E-state index contributed by atoms with van der Waals surface area (Å²) in [5, 5.41) is 0. The molecule has 110 valence electrons. The number of allylic oxidation sites excluding steroid dienone is 4. The summed E-state index contributed by atoms with van der Waals surface area (Å²) in [5.41, 5.74) is 0. The fraction of sp³-hybridized carbons (Fsp3) is 0.722. The second kappa shape index (κ2) is 17.2. The van der Waals surface area contributed by atoms with Crippen LogP contribution in [-0.4, -0.2) is 6.29 Å². The maximum absolute atomic E-state index is 10.0. The minimum atomic E-state index is 0.812. The first-order valence-corrected chi connectivity index (χ1v) is 8.18. The predicted molar refractivity (Wildman–Crippen MR) is 85.4 cm³/mol. The topological polar surface area (TPSA) is 17.1 Å². The van der Waals surface area contributed by atoms with E-state index >= 15 is 0 Å². The third kappa shape index (κ3) is 17.1. The molecule has 0 amide bonds. The molecule has 0 radical (unpaired) electrons. The fourth-order valence-electron chi connectivity index (χ4n) is 2.21. The zero-order valence-electron chi connectivity index (χ0n) is 12.8. The monoisotopic (exact) mass is 264 g/mol. The highest BCUT2D eigenvalue weighted by Crippen LogP contribution is 2.11. The van der Waals surface area contributed by atoms with Gasteiger partial charge in [0.1, 0.15) is 6.29 Å². The van der Waals surface area contributed by atoms with Crippen LogP contribution in [0.1, 0.15) is 84.0 Å². The lowest BCUT2D eigenvalue weighted by atomic mass is 10.1. The maximum Gasteiger partial charge on any atom is 0.142 e. The molecule has 0 N–H and O–H groups in total. The van der Waals surface area contributed by atoms with Gasteiger partial charge in [-0.3, -0.25) is 4.79 Å². The Morgan fingerprint density at radius 2 is 1.16 bits per heavy atom. The van der Waals surface area contributed by atoms with E-state index in [1.807, 2.05) is 6.08 Å². The molecule has 19 heavy (non-hydrogen) atoms. The maximum atomic E-state index is 10.0. The molecule has 0 unspecified atom stereocenters. The Bertz CT molecular complexity index is 228. The number of unbranched alkanes of at least 4 members (excludes halogenated alkanes) is 11. The van der Waals surface area contributed by atoms with E-state index in [1.54, 1.807) is 6.08 Å². The van der Waals surface area contributed by atoms with Crippen LogP contribution in [0.3, 0.4) is 0 Å². The molecule has 0 aliphatic carbocycles. The number of rotatable bonds is 14. The van der Waals surface area contributed by atoms with Crippen LogP contribution in [0.4, 0.5) is 0 Å². The second-order valence-electron chi connectivity index (χ2n) is 5.27. The van der Waals surface area contributed by atoms with Crippen LogP contribution in [0, 0.1) is 0 Å². The summed E-state index contributed by atoms with van der Waals surface area (Å²) in [6.45, 7) is 2.27. The lowest BCUT2D eigenvalue weighted by Gasteiger charge is -2.01. The van der Waals surface area contributed by atoms with E-state index in [1.165, 1.54) is 76.7 Å². The number of aldehydes is 1. The molecule has 0 aromatic heterocycles. The third-order valence-electron chi connectivity index (χ3n) is 3.41. The summed E-state index contributed by atoms with van der Waals surface area (Å²) in [7, 11) is 0. The predicted octanol–water partition coefficient (Wildman–Crippen LogP) is 6.00. The Morgan fingerprint density at radius 1 is 0.632 bits per heavy atom. The summed E-state index contributed by atoms with van der Waals surface area (Å²) in [6, 6.07) is 0. The zero-order chi connectivity index (χ0) is 14.0. The number of carbonyl (C=O) groups excluding carboxylic acids is 1. The van der Waals surface area contributed by atoms with Gasteiger partial charge in [-0.25, -0.2) is 0 Å². The molecule has 0 atom stereocenters. The summed E-state index contributed by atoms with van der Waals surface area (Å²) in [4.78, 5) is 10.0. The molecule has 0 aromatic carbocycles. The van der Waals surface area contributed by atoms with Crippen LogP contribution in [0.2, 0.25) is 0 Å². The average Bonchev–Trinajstić information content (AvgIpc) is 2.43. The van der Waals surface area contributed by atoms with E-state index in [9.17, 15) is 4.79 Å². The van der Waals surface area contributed by atoms with Crippen molar-refractivity contribution in [2.45, 2.75) is 84.0 Å². The normalized spacial score (nSPS) is 11.6. The Kier molecular flexibility index (Phi) is 16.4. The molecular formula is C18H32O. The van der Waals surface area contributed by atoms with Crippen molar-refractivity contribution in [3.63, 3.8) is 0 Å². The molecule has 1 heteroatoms. The van der Waals surface area contributed by atoms with Crippen molar-refractivity contribution in [3.05, 3.63) is 24.3 Å². The van der Waals surface area contributed by atoms with E-state index in [-0.39, 0.29) is 0 Å². The molecule has 0 fully saturated rings. The first-order valence-electron chi connectivity index (χ1n) is 8.18. The van der Waals surface area contributed by atoms with Crippen LogP contribution in [0.15, 0.2) is 24.3 Å². The van der Waals surface area contributed by atoms with Gasteiger partial charge >= 0.3 is 0 Å². The first kappa shape index (κ1) is 18.1. The Morgan fingerprint density at radius 3 is 1.68 bits per heavy atom. The van der Waals surface area contributed by atoms with Crippen LogP contribution >= 0.6 is 0 Å². The smallest absolute Gasteiger partial charge is 0.142 e. The van der Waals surface area contributed by atoms with Crippen LogP contribution in [0.25, 0.3) is 0 Å². The molecule has 0 spiro atoms. The molecule has 0 saturated heterocycles. The van der Waals surface area contributed by atoms with Gasteiger partial charge in [0.05, 0.1) is 0 Å². The van der Waals surface area contributed by atoms with Gasteiger partial charge in [0.25, 0.3) is 0 Å². The van der Waals surface area contributed by atoms with Crippen LogP contribution in [0.5, 0.6) is 0 Å². The minimum absolute atomic E-state index is 0.812. The lowest BCUT2D eigenvalue weighted by Crippen LogP contribution is -1.81. The summed E-state index contributed by atoms with van der Waals surface area (Å²) >= 11 is 0. The second-order valence-corrected chi connectivity index (χ2v) is 5.27. The van der Waals surface area contributed by atoms with Crippen molar-refractivity contribution < 1.29 is 4.79 Å². The Hall–Kier alpha value is -0.850. The fourth-order valence-corrected chi connectivity index (χ4v) is 2.21. The molecule has 0 aliphatic heterocycles. The van der Waals surface area contributed by atoms with Crippen molar-refractivity contribution in [1.29, 1.82) is 0 Å². The van der Waals surface area contributed by atoms with Crippen molar-refractivity contribution in [2.75, 3.05) is 0 Å². The van der Waals surface area contributed by atoms with Gasteiger partial charge in [-0.1, -0.05) is 89.4 Å². The zero-order valence-corrected chi connectivity index (χ0v) is 12.8. The van der Waals surface area contributed by atoms with Gasteiger partial charge in [-0.05, 0) is 18.9 Å². The van der Waals surface area contributed by atoms with E-state index < -0.39 is 0 Å². The van der Waals surface area contributed by atoms with Crippen molar-refractivity contribution in [1.82, 2.24) is 0 Å². The molecule has 0 aliphatic rings. The molecule has 0 rings (SSSR count). The summed E-state index contributed by atoms with van der Waals surface area (Å²) in [5.74, 6) is 0. The van der Waals surface area contributed by atoms with E-state index in [0.29, 0.717) is 0 Å². The number of carbonyl (C=O) groups is 1. The van der Waals surface area contributed by atoms with Gasteiger partial charge in [0.2, 0.25) is 0 Å².